The first-order chi connectivity index (χ1) is 7.22. The van der Waals surface area contributed by atoms with E-state index < -0.39 is 0 Å². The average Bonchev–Trinajstić information content (AvgIpc) is 2.60. The highest BCUT2D eigenvalue weighted by molar-refractivity contribution is 7.13. The molecular formula is C11H9NO2S. The molecule has 1 aromatic carbocycles. The van der Waals surface area contributed by atoms with E-state index in [0.29, 0.717) is 16.3 Å². The van der Waals surface area contributed by atoms with E-state index in [0.717, 1.165) is 11.2 Å². The van der Waals surface area contributed by atoms with Gasteiger partial charge in [0.15, 0.2) is 11.3 Å². The van der Waals surface area contributed by atoms with Gasteiger partial charge in [-0.3, -0.25) is 4.79 Å². The summed E-state index contributed by atoms with van der Waals surface area (Å²) in [5.74, 6) is 0.184. The van der Waals surface area contributed by atoms with Gasteiger partial charge in [0.1, 0.15) is 5.75 Å². The molecule has 0 spiro atoms. The van der Waals surface area contributed by atoms with Gasteiger partial charge in [-0.15, -0.1) is 11.3 Å². The van der Waals surface area contributed by atoms with Gasteiger partial charge in [0.2, 0.25) is 0 Å². The highest BCUT2D eigenvalue weighted by atomic mass is 32.1. The second-order valence-corrected chi connectivity index (χ2v) is 4.33. The first kappa shape index (κ1) is 9.86. The van der Waals surface area contributed by atoms with E-state index in [9.17, 15) is 9.90 Å². The van der Waals surface area contributed by atoms with Gasteiger partial charge in [0, 0.05) is 10.4 Å². The molecule has 0 radical (unpaired) electrons. The van der Waals surface area contributed by atoms with Gasteiger partial charge >= 0.3 is 0 Å². The molecule has 0 saturated carbocycles. The van der Waals surface area contributed by atoms with Crippen LogP contribution < -0.4 is 0 Å². The highest BCUT2D eigenvalue weighted by Crippen LogP contribution is 2.32. The van der Waals surface area contributed by atoms with Crippen molar-refractivity contribution >= 4 is 17.6 Å². The number of hydrogen-bond acceptors (Lipinski definition) is 4. The summed E-state index contributed by atoms with van der Waals surface area (Å²) in [5.41, 5.74) is 1.35. The maximum atomic E-state index is 10.6. The lowest BCUT2D eigenvalue weighted by atomic mass is 10.1. The molecule has 76 valence electrons. The first-order valence-corrected chi connectivity index (χ1v) is 5.25. The zero-order chi connectivity index (χ0) is 10.8. The van der Waals surface area contributed by atoms with E-state index in [4.69, 9.17) is 0 Å². The van der Waals surface area contributed by atoms with Crippen LogP contribution in [0.15, 0.2) is 24.3 Å². The standard InChI is InChI=1S/C11H9NO2S/c1-7-11(12-10(6-13)15-7)8-4-2-3-5-9(8)14/h2-6,14H,1H3. The van der Waals surface area contributed by atoms with E-state index in [-0.39, 0.29) is 5.75 Å². The second kappa shape index (κ2) is 3.82. The minimum atomic E-state index is 0.184. The third kappa shape index (κ3) is 1.76. The smallest absolute Gasteiger partial charge is 0.178 e. The van der Waals surface area contributed by atoms with E-state index in [1.807, 2.05) is 13.0 Å². The van der Waals surface area contributed by atoms with Crippen LogP contribution in [0.3, 0.4) is 0 Å². The largest absolute Gasteiger partial charge is 0.507 e. The maximum absolute atomic E-state index is 10.6. The fraction of sp³-hybridized carbons (Fsp3) is 0.0909. The van der Waals surface area contributed by atoms with Crippen LogP contribution in [0.1, 0.15) is 14.7 Å². The zero-order valence-corrected chi connectivity index (χ0v) is 8.91. The molecule has 1 N–H and O–H groups in total. The molecule has 15 heavy (non-hydrogen) atoms. The number of aromatic nitrogens is 1. The average molecular weight is 219 g/mol. The number of aldehydes is 1. The number of aromatic hydroxyl groups is 1. The lowest BCUT2D eigenvalue weighted by Gasteiger charge is -2.00. The Morgan fingerprint density at radius 2 is 2.13 bits per heavy atom. The van der Waals surface area contributed by atoms with Crippen molar-refractivity contribution in [1.82, 2.24) is 4.98 Å². The Hall–Kier alpha value is -1.68. The number of rotatable bonds is 2. The normalized spacial score (nSPS) is 10.2. The minimum absolute atomic E-state index is 0.184. The number of phenolic OH excluding ortho intramolecular Hbond substituents is 1. The van der Waals surface area contributed by atoms with Crippen LogP contribution in [0.25, 0.3) is 11.3 Å². The first-order valence-electron chi connectivity index (χ1n) is 4.43. The highest BCUT2D eigenvalue weighted by Gasteiger charge is 2.11. The molecule has 1 aromatic heterocycles. The quantitative estimate of drug-likeness (QED) is 0.790. The predicted octanol–water partition coefficient (Wildman–Crippen LogP) is 2.64. The number of hydrogen-bond donors (Lipinski definition) is 1. The minimum Gasteiger partial charge on any atom is -0.507 e. The van der Waals surface area contributed by atoms with Crippen LogP contribution in [0.2, 0.25) is 0 Å². The molecule has 0 bridgehead atoms. The van der Waals surface area contributed by atoms with Crippen LogP contribution in [0.5, 0.6) is 5.75 Å². The lowest BCUT2D eigenvalue weighted by Crippen LogP contribution is -1.82. The fourth-order valence-electron chi connectivity index (χ4n) is 1.39. The van der Waals surface area contributed by atoms with Gasteiger partial charge in [-0.2, -0.15) is 0 Å². The summed E-state index contributed by atoms with van der Waals surface area (Å²) in [5, 5.41) is 10.1. The summed E-state index contributed by atoms with van der Waals surface area (Å²) in [6, 6.07) is 6.97. The summed E-state index contributed by atoms with van der Waals surface area (Å²) in [6.07, 6.45) is 0.723. The Kier molecular flexibility index (Phi) is 2.51. The van der Waals surface area contributed by atoms with Crippen molar-refractivity contribution in [3.05, 3.63) is 34.2 Å². The Bertz CT molecular complexity index is 505. The van der Waals surface area contributed by atoms with Crippen molar-refractivity contribution in [2.75, 3.05) is 0 Å². The van der Waals surface area contributed by atoms with Gasteiger partial charge in [0.05, 0.1) is 5.69 Å². The van der Waals surface area contributed by atoms with Crippen molar-refractivity contribution < 1.29 is 9.90 Å². The molecule has 0 aliphatic heterocycles. The second-order valence-electron chi connectivity index (χ2n) is 3.09. The van der Waals surface area contributed by atoms with E-state index in [1.54, 1.807) is 18.2 Å². The van der Waals surface area contributed by atoms with Crippen molar-refractivity contribution in [2.24, 2.45) is 0 Å². The van der Waals surface area contributed by atoms with Crippen LogP contribution in [0, 0.1) is 6.92 Å². The van der Waals surface area contributed by atoms with Gasteiger partial charge in [0.25, 0.3) is 0 Å². The molecule has 2 rings (SSSR count). The van der Waals surface area contributed by atoms with Crippen LogP contribution in [0.4, 0.5) is 0 Å². The summed E-state index contributed by atoms with van der Waals surface area (Å²) < 4.78 is 0. The number of carbonyl (C=O) groups excluding carboxylic acids is 1. The number of carbonyl (C=O) groups is 1. The summed E-state index contributed by atoms with van der Waals surface area (Å²) >= 11 is 1.33. The topological polar surface area (TPSA) is 50.2 Å². The Labute approximate surface area is 91.0 Å². The molecule has 0 fully saturated rings. The summed E-state index contributed by atoms with van der Waals surface area (Å²) in [6.45, 7) is 1.88. The third-order valence-electron chi connectivity index (χ3n) is 2.07. The number of phenols is 1. The Balaban J connectivity index is 2.58. The fourth-order valence-corrected chi connectivity index (χ4v) is 2.14. The van der Waals surface area contributed by atoms with Crippen molar-refractivity contribution in [1.29, 1.82) is 0 Å². The van der Waals surface area contributed by atoms with Gasteiger partial charge in [-0.05, 0) is 19.1 Å². The molecule has 0 saturated heterocycles. The Morgan fingerprint density at radius 3 is 2.73 bits per heavy atom. The molecule has 0 unspecified atom stereocenters. The molecule has 2 aromatic rings. The number of para-hydroxylation sites is 1. The lowest BCUT2D eigenvalue weighted by molar-refractivity contribution is 0.112. The third-order valence-corrected chi connectivity index (χ3v) is 2.97. The number of aryl methyl sites for hydroxylation is 1. The van der Waals surface area contributed by atoms with Gasteiger partial charge in [-0.25, -0.2) is 4.98 Å². The zero-order valence-electron chi connectivity index (χ0n) is 8.10. The van der Waals surface area contributed by atoms with E-state index in [1.165, 1.54) is 11.3 Å². The van der Waals surface area contributed by atoms with Crippen molar-refractivity contribution in [2.45, 2.75) is 6.92 Å². The van der Waals surface area contributed by atoms with Gasteiger partial charge < -0.3 is 5.11 Å². The number of benzene rings is 1. The molecule has 0 aliphatic rings. The number of thiazole rings is 1. The maximum Gasteiger partial charge on any atom is 0.178 e. The van der Waals surface area contributed by atoms with Crippen molar-refractivity contribution in [3.63, 3.8) is 0 Å². The molecule has 3 nitrogen and oxygen atoms in total. The predicted molar refractivity (Wildman–Crippen MR) is 59.3 cm³/mol. The van der Waals surface area contributed by atoms with Crippen LogP contribution in [-0.2, 0) is 0 Å². The molecule has 0 amide bonds. The summed E-state index contributed by atoms with van der Waals surface area (Å²) in [7, 11) is 0. The molecule has 4 heteroatoms. The van der Waals surface area contributed by atoms with E-state index >= 15 is 0 Å². The molecular weight excluding hydrogens is 210 g/mol. The monoisotopic (exact) mass is 219 g/mol. The summed E-state index contributed by atoms with van der Waals surface area (Å²) in [4.78, 5) is 15.7. The molecule has 0 aliphatic carbocycles. The van der Waals surface area contributed by atoms with Crippen LogP contribution in [-0.4, -0.2) is 16.4 Å². The molecule has 0 atom stereocenters. The Morgan fingerprint density at radius 1 is 1.40 bits per heavy atom. The van der Waals surface area contributed by atoms with Gasteiger partial charge in [-0.1, -0.05) is 12.1 Å². The number of nitrogens with zero attached hydrogens (tertiary/aromatic N) is 1. The SMILES string of the molecule is Cc1sc(C=O)nc1-c1ccccc1O. The van der Waals surface area contributed by atoms with Crippen LogP contribution >= 0.6 is 11.3 Å². The van der Waals surface area contributed by atoms with E-state index in [2.05, 4.69) is 4.98 Å². The van der Waals surface area contributed by atoms with Crippen molar-refractivity contribution in [3.8, 4) is 17.0 Å². The molecule has 1 heterocycles.